The molecule has 0 aromatic heterocycles. The summed E-state index contributed by atoms with van der Waals surface area (Å²) in [5, 5.41) is 5.18. The third kappa shape index (κ3) is 5.94. The van der Waals surface area contributed by atoms with Crippen LogP contribution in [0.4, 0.5) is 5.69 Å². The Morgan fingerprint density at radius 3 is 2.00 bits per heavy atom. The summed E-state index contributed by atoms with van der Waals surface area (Å²) in [4.78, 5) is 46.4. The highest BCUT2D eigenvalue weighted by molar-refractivity contribution is 6.04. The number of hydrogen-bond acceptors (Lipinski definition) is 6. The average Bonchev–Trinajstić information content (AvgIpc) is 2.72. The number of esters is 2. The van der Waals surface area contributed by atoms with Crippen LogP contribution in [0.5, 0.6) is 0 Å². The van der Waals surface area contributed by atoms with Gasteiger partial charge in [0.2, 0.25) is 5.91 Å². The van der Waals surface area contributed by atoms with E-state index >= 15 is 0 Å². The molecule has 0 heterocycles. The average molecular weight is 384 g/mol. The number of ether oxygens (including phenoxy) is 2. The van der Waals surface area contributed by atoms with Gasteiger partial charge < -0.3 is 20.1 Å². The maximum absolute atomic E-state index is 12.3. The third-order valence-electron chi connectivity index (χ3n) is 3.80. The van der Waals surface area contributed by atoms with Gasteiger partial charge in [-0.05, 0) is 42.0 Å². The van der Waals surface area contributed by atoms with Gasteiger partial charge in [-0.1, -0.05) is 12.1 Å². The number of benzene rings is 2. The first-order chi connectivity index (χ1) is 13.4. The summed E-state index contributed by atoms with van der Waals surface area (Å²) < 4.78 is 9.06. The number of amides is 2. The summed E-state index contributed by atoms with van der Waals surface area (Å²) in [6.45, 7) is -0.182. The topological polar surface area (TPSA) is 111 Å². The number of nitrogens with one attached hydrogen (secondary N) is 2. The molecule has 0 spiro atoms. The van der Waals surface area contributed by atoms with E-state index in [-0.39, 0.29) is 24.8 Å². The molecule has 8 nitrogen and oxygen atoms in total. The predicted molar refractivity (Wildman–Crippen MR) is 101 cm³/mol. The second-order valence-electron chi connectivity index (χ2n) is 5.75. The first-order valence-corrected chi connectivity index (χ1v) is 8.35. The Morgan fingerprint density at radius 2 is 1.43 bits per heavy atom. The third-order valence-corrected chi connectivity index (χ3v) is 3.80. The van der Waals surface area contributed by atoms with Gasteiger partial charge >= 0.3 is 11.9 Å². The lowest BCUT2D eigenvalue weighted by atomic mass is 10.1. The van der Waals surface area contributed by atoms with Crippen molar-refractivity contribution >= 4 is 29.4 Å². The molecule has 0 aliphatic rings. The van der Waals surface area contributed by atoms with E-state index in [1.807, 2.05) is 0 Å². The fraction of sp³-hybridized carbons (Fsp3) is 0.200. The lowest BCUT2D eigenvalue weighted by molar-refractivity contribution is -0.141. The highest BCUT2D eigenvalue weighted by atomic mass is 16.5. The first kappa shape index (κ1) is 20.6. The molecule has 2 aromatic rings. The van der Waals surface area contributed by atoms with Crippen LogP contribution < -0.4 is 10.6 Å². The van der Waals surface area contributed by atoms with E-state index in [4.69, 9.17) is 0 Å². The van der Waals surface area contributed by atoms with Crippen LogP contribution in [0.25, 0.3) is 0 Å². The molecule has 2 aromatic carbocycles. The van der Waals surface area contributed by atoms with E-state index in [1.54, 1.807) is 24.3 Å². The lowest BCUT2D eigenvalue weighted by Gasteiger charge is -2.08. The van der Waals surface area contributed by atoms with Crippen molar-refractivity contribution in [1.29, 1.82) is 0 Å². The molecule has 0 saturated carbocycles. The number of anilines is 1. The van der Waals surface area contributed by atoms with Crippen molar-refractivity contribution in [2.45, 2.75) is 6.42 Å². The number of carbonyl (C=O) groups excluding carboxylic acids is 4. The molecule has 0 aliphatic heterocycles. The van der Waals surface area contributed by atoms with Crippen molar-refractivity contribution in [2.24, 2.45) is 0 Å². The minimum Gasteiger partial charge on any atom is -0.468 e. The molecule has 2 rings (SSSR count). The van der Waals surface area contributed by atoms with Gasteiger partial charge in [0.1, 0.15) is 6.54 Å². The fourth-order valence-electron chi connectivity index (χ4n) is 2.28. The zero-order valence-electron chi connectivity index (χ0n) is 15.5. The minimum atomic E-state index is -0.522. The number of hydrogen-bond donors (Lipinski definition) is 2. The predicted octanol–water partition coefficient (Wildman–Crippen LogP) is 1.56. The van der Waals surface area contributed by atoms with Crippen LogP contribution in [0, 0.1) is 0 Å². The minimum absolute atomic E-state index is 0.0974. The van der Waals surface area contributed by atoms with Gasteiger partial charge in [0.15, 0.2) is 0 Å². The summed E-state index contributed by atoms with van der Waals surface area (Å²) in [5.41, 5.74) is 2.02. The van der Waals surface area contributed by atoms with E-state index in [1.165, 1.54) is 38.5 Å². The maximum Gasteiger partial charge on any atom is 0.337 e. The van der Waals surface area contributed by atoms with Gasteiger partial charge in [-0.25, -0.2) is 4.79 Å². The molecule has 0 bridgehead atoms. The Hall–Kier alpha value is -3.68. The zero-order chi connectivity index (χ0) is 20.5. The molecule has 0 unspecified atom stereocenters. The summed E-state index contributed by atoms with van der Waals surface area (Å²) in [6, 6.07) is 12.8. The highest BCUT2D eigenvalue weighted by Gasteiger charge is 2.10. The molecule has 2 amide bonds. The van der Waals surface area contributed by atoms with Gasteiger partial charge in [-0.3, -0.25) is 14.4 Å². The fourth-order valence-corrected chi connectivity index (χ4v) is 2.28. The Kier molecular flexibility index (Phi) is 7.27. The Bertz CT molecular complexity index is 859. The molecule has 0 atom stereocenters. The molecule has 2 N–H and O–H groups in total. The normalized spacial score (nSPS) is 9.93. The second-order valence-corrected chi connectivity index (χ2v) is 5.75. The van der Waals surface area contributed by atoms with Crippen LogP contribution in [0.1, 0.15) is 26.3 Å². The van der Waals surface area contributed by atoms with E-state index < -0.39 is 11.9 Å². The number of carbonyl (C=O) groups is 4. The zero-order valence-corrected chi connectivity index (χ0v) is 15.5. The summed E-state index contributed by atoms with van der Waals surface area (Å²) in [7, 11) is 2.53. The van der Waals surface area contributed by atoms with Gasteiger partial charge in [-0.2, -0.15) is 0 Å². The molecule has 28 heavy (non-hydrogen) atoms. The van der Waals surface area contributed by atoms with E-state index in [9.17, 15) is 19.2 Å². The van der Waals surface area contributed by atoms with Crippen molar-refractivity contribution in [3.63, 3.8) is 0 Å². The maximum atomic E-state index is 12.3. The van der Waals surface area contributed by atoms with Crippen LogP contribution in [0.3, 0.4) is 0 Å². The van der Waals surface area contributed by atoms with E-state index in [0.29, 0.717) is 16.8 Å². The van der Waals surface area contributed by atoms with Gasteiger partial charge in [0.05, 0.1) is 26.2 Å². The number of rotatable bonds is 7. The SMILES string of the molecule is COC(=O)CNC(=O)Cc1ccc(NC(=O)c2ccc(C(=O)OC)cc2)cc1. The van der Waals surface area contributed by atoms with Crippen molar-refractivity contribution in [3.05, 3.63) is 65.2 Å². The lowest BCUT2D eigenvalue weighted by Crippen LogP contribution is -2.31. The van der Waals surface area contributed by atoms with Crippen LogP contribution in [-0.4, -0.2) is 44.5 Å². The van der Waals surface area contributed by atoms with Crippen molar-refractivity contribution < 1.29 is 28.7 Å². The summed E-state index contributed by atoms with van der Waals surface area (Å²) in [6.07, 6.45) is 0.0974. The molecule has 0 fully saturated rings. The molecular weight excluding hydrogens is 364 g/mol. The molecular formula is C20H20N2O6. The second kappa shape index (κ2) is 9.86. The number of methoxy groups -OCH3 is 2. The molecule has 8 heteroatoms. The van der Waals surface area contributed by atoms with Crippen LogP contribution in [0.2, 0.25) is 0 Å². The Morgan fingerprint density at radius 1 is 0.821 bits per heavy atom. The first-order valence-electron chi connectivity index (χ1n) is 8.35. The van der Waals surface area contributed by atoms with Gasteiger partial charge in [0.25, 0.3) is 5.91 Å². The van der Waals surface area contributed by atoms with Crippen molar-refractivity contribution in [3.8, 4) is 0 Å². The summed E-state index contributed by atoms with van der Waals surface area (Å²) in [5.74, 6) is -1.64. The Balaban J connectivity index is 1.91. The monoisotopic (exact) mass is 384 g/mol. The smallest absolute Gasteiger partial charge is 0.337 e. The molecule has 0 aliphatic carbocycles. The van der Waals surface area contributed by atoms with Crippen LogP contribution in [-0.2, 0) is 25.5 Å². The van der Waals surface area contributed by atoms with Gasteiger partial charge in [-0.15, -0.1) is 0 Å². The molecule has 0 saturated heterocycles. The van der Waals surface area contributed by atoms with Crippen molar-refractivity contribution in [2.75, 3.05) is 26.1 Å². The Labute approximate surface area is 161 Å². The van der Waals surface area contributed by atoms with E-state index in [0.717, 1.165) is 5.56 Å². The van der Waals surface area contributed by atoms with Gasteiger partial charge in [0, 0.05) is 11.3 Å². The van der Waals surface area contributed by atoms with E-state index in [2.05, 4.69) is 20.1 Å². The highest BCUT2D eigenvalue weighted by Crippen LogP contribution is 2.13. The molecule has 0 radical (unpaired) electrons. The van der Waals surface area contributed by atoms with Crippen LogP contribution >= 0.6 is 0 Å². The molecule has 146 valence electrons. The van der Waals surface area contributed by atoms with Crippen molar-refractivity contribution in [1.82, 2.24) is 5.32 Å². The van der Waals surface area contributed by atoms with Crippen LogP contribution in [0.15, 0.2) is 48.5 Å². The summed E-state index contributed by atoms with van der Waals surface area (Å²) >= 11 is 0. The standard InChI is InChI=1S/C20H20N2O6/c1-27-18(24)12-21-17(23)11-13-3-9-16(10-4-13)22-19(25)14-5-7-15(8-6-14)20(26)28-2/h3-10H,11-12H2,1-2H3,(H,21,23)(H,22,25). The quantitative estimate of drug-likeness (QED) is 0.701. The largest absolute Gasteiger partial charge is 0.468 e.